The summed E-state index contributed by atoms with van der Waals surface area (Å²) in [7, 11) is 1.54. The third-order valence-electron chi connectivity index (χ3n) is 5.94. The van der Waals surface area contributed by atoms with Crippen LogP contribution in [0.1, 0.15) is 66.2 Å². The molecular formula is C22H27N3O3. The van der Waals surface area contributed by atoms with Crippen molar-refractivity contribution >= 4 is 5.91 Å². The highest BCUT2D eigenvalue weighted by Crippen LogP contribution is 2.34. The lowest BCUT2D eigenvalue weighted by molar-refractivity contribution is 0.0605. The van der Waals surface area contributed by atoms with E-state index in [1.165, 1.54) is 13.2 Å². The molecule has 0 radical (unpaired) electrons. The molecule has 1 atom stereocenters. The van der Waals surface area contributed by atoms with E-state index in [9.17, 15) is 9.59 Å². The zero-order valence-corrected chi connectivity index (χ0v) is 16.4. The summed E-state index contributed by atoms with van der Waals surface area (Å²) in [4.78, 5) is 32.6. The van der Waals surface area contributed by atoms with Gasteiger partial charge < -0.3 is 14.2 Å². The molecule has 28 heavy (non-hydrogen) atoms. The van der Waals surface area contributed by atoms with Crippen molar-refractivity contribution in [3.05, 3.63) is 57.8 Å². The quantitative estimate of drug-likeness (QED) is 0.818. The summed E-state index contributed by atoms with van der Waals surface area (Å²) in [5, 5.41) is 0. The Balaban J connectivity index is 1.79. The molecule has 4 heterocycles. The fourth-order valence-corrected chi connectivity index (χ4v) is 4.54. The molecule has 2 aliphatic heterocycles. The third-order valence-corrected chi connectivity index (χ3v) is 5.94. The zero-order chi connectivity index (χ0) is 19.5. The monoisotopic (exact) mass is 381 g/mol. The number of carbonyl (C=O) groups excluding carboxylic acids is 1. The van der Waals surface area contributed by atoms with Crippen LogP contribution in [0.3, 0.4) is 0 Å². The Morgan fingerprint density at radius 1 is 1.18 bits per heavy atom. The van der Waals surface area contributed by atoms with E-state index in [2.05, 4.69) is 4.98 Å². The van der Waals surface area contributed by atoms with Gasteiger partial charge in [-0.1, -0.05) is 12.5 Å². The number of fused-ring (bicyclic) bond motifs is 1. The van der Waals surface area contributed by atoms with Crippen LogP contribution in [-0.4, -0.2) is 34.0 Å². The summed E-state index contributed by atoms with van der Waals surface area (Å²) in [5.74, 6) is 0.370. The second kappa shape index (κ2) is 8.17. The van der Waals surface area contributed by atoms with Crippen molar-refractivity contribution in [1.82, 2.24) is 14.5 Å². The third kappa shape index (κ3) is 3.43. The summed E-state index contributed by atoms with van der Waals surface area (Å²) in [6, 6.07) is 5.45. The minimum Gasteiger partial charge on any atom is -0.496 e. The lowest BCUT2D eigenvalue weighted by Gasteiger charge is -2.36. The molecule has 0 spiro atoms. The van der Waals surface area contributed by atoms with Crippen LogP contribution in [0.4, 0.5) is 0 Å². The van der Waals surface area contributed by atoms with Crippen LogP contribution in [0.15, 0.2) is 35.4 Å². The van der Waals surface area contributed by atoms with Gasteiger partial charge in [0, 0.05) is 37.2 Å². The highest BCUT2D eigenvalue weighted by Gasteiger charge is 2.33. The summed E-state index contributed by atoms with van der Waals surface area (Å²) in [5.41, 5.74) is 2.39. The number of rotatable bonds is 3. The van der Waals surface area contributed by atoms with Crippen LogP contribution >= 0.6 is 0 Å². The molecule has 0 aliphatic carbocycles. The number of piperidine rings is 1. The molecule has 6 nitrogen and oxygen atoms in total. The molecule has 0 N–H and O–H groups in total. The molecule has 2 aliphatic rings. The minimum atomic E-state index is -0.0762. The molecule has 2 aromatic rings. The van der Waals surface area contributed by atoms with Crippen molar-refractivity contribution in [2.45, 2.75) is 57.5 Å². The second-order valence-corrected chi connectivity index (χ2v) is 7.63. The Labute approximate surface area is 165 Å². The molecule has 1 fully saturated rings. The van der Waals surface area contributed by atoms with Gasteiger partial charge in [0.05, 0.1) is 13.2 Å². The highest BCUT2D eigenvalue weighted by atomic mass is 16.5. The molecule has 6 heteroatoms. The molecule has 0 bridgehead atoms. The van der Waals surface area contributed by atoms with E-state index in [0.717, 1.165) is 56.2 Å². The van der Waals surface area contributed by atoms with E-state index in [0.29, 0.717) is 24.4 Å². The lowest BCUT2D eigenvalue weighted by atomic mass is 9.94. The van der Waals surface area contributed by atoms with Crippen molar-refractivity contribution in [3.8, 4) is 5.75 Å². The number of amides is 1. The maximum Gasteiger partial charge on any atom is 0.259 e. The molecular weight excluding hydrogens is 354 g/mol. The van der Waals surface area contributed by atoms with Crippen molar-refractivity contribution in [2.75, 3.05) is 13.7 Å². The van der Waals surface area contributed by atoms with Gasteiger partial charge in [-0.25, -0.2) is 0 Å². The molecule has 4 rings (SSSR count). The lowest BCUT2D eigenvalue weighted by Crippen LogP contribution is -2.40. The van der Waals surface area contributed by atoms with Crippen LogP contribution in [0.25, 0.3) is 0 Å². The fraction of sp³-hybridized carbons (Fsp3) is 0.500. The average molecular weight is 381 g/mol. The SMILES string of the molecule is COc1cc(=O)n2c(c1C(=O)N1CCCC[C@@H]1c1cccnc1)CCCCC2. The number of aromatic nitrogens is 2. The average Bonchev–Trinajstić information content (AvgIpc) is 3.00. The minimum absolute atomic E-state index is 0.0120. The highest BCUT2D eigenvalue weighted by molar-refractivity contribution is 5.98. The molecule has 148 valence electrons. The zero-order valence-electron chi connectivity index (χ0n) is 16.4. The first-order chi connectivity index (χ1) is 13.7. The summed E-state index contributed by atoms with van der Waals surface area (Å²) < 4.78 is 7.30. The molecule has 0 saturated carbocycles. The number of methoxy groups -OCH3 is 1. The second-order valence-electron chi connectivity index (χ2n) is 7.63. The number of likely N-dealkylation sites (tertiary alicyclic amines) is 1. The van der Waals surface area contributed by atoms with Gasteiger partial charge in [-0.15, -0.1) is 0 Å². The predicted molar refractivity (Wildman–Crippen MR) is 107 cm³/mol. The van der Waals surface area contributed by atoms with Crippen molar-refractivity contribution in [3.63, 3.8) is 0 Å². The first-order valence-electron chi connectivity index (χ1n) is 10.2. The van der Waals surface area contributed by atoms with Gasteiger partial charge in [-0.3, -0.25) is 14.6 Å². The van der Waals surface area contributed by atoms with Gasteiger partial charge in [0.25, 0.3) is 11.5 Å². The molecule has 0 aromatic carbocycles. The number of hydrogen-bond acceptors (Lipinski definition) is 4. The Morgan fingerprint density at radius 2 is 2.04 bits per heavy atom. The predicted octanol–water partition coefficient (Wildman–Crippen LogP) is 3.35. The van der Waals surface area contributed by atoms with Gasteiger partial charge in [0.15, 0.2) is 0 Å². The largest absolute Gasteiger partial charge is 0.496 e. The van der Waals surface area contributed by atoms with Gasteiger partial charge in [-0.2, -0.15) is 0 Å². The molecule has 1 amide bonds. The Morgan fingerprint density at radius 3 is 2.82 bits per heavy atom. The number of nitrogens with zero attached hydrogens (tertiary/aromatic N) is 3. The summed E-state index contributed by atoms with van der Waals surface area (Å²) in [6.07, 6.45) is 10.4. The van der Waals surface area contributed by atoms with E-state index in [-0.39, 0.29) is 17.5 Å². The van der Waals surface area contributed by atoms with E-state index in [4.69, 9.17) is 4.74 Å². The van der Waals surface area contributed by atoms with E-state index in [1.807, 2.05) is 23.2 Å². The summed E-state index contributed by atoms with van der Waals surface area (Å²) >= 11 is 0. The maximum atomic E-state index is 13.8. The normalized spacial score (nSPS) is 19.6. The fourth-order valence-electron chi connectivity index (χ4n) is 4.54. The number of carbonyl (C=O) groups is 1. The first kappa shape index (κ1) is 18.7. The molecule has 1 saturated heterocycles. The Bertz CT molecular complexity index is 907. The van der Waals surface area contributed by atoms with Gasteiger partial charge in [0.2, 0.25) is 0 Å². The first-order valence-corrected chi connectivity index (χ1v) is 10.2. The van der Waals surface area contributed by atoms with Crippen LogP contribution in [-0.2, 0) is 13.0 Å². The maximum absolute atomic E-state index is 13.8. The van der Waals surface area contributed by atoms with Crippen LogP contribution in [0.2, 0.25) is 0 Å². The van der Waals surface area contributed by atoms with Gasteiger partial charge >= 0.3 is 0 Å². The number of ether oxygens (including phenoxy) is 1. The smallest absolute Gasteiger partial charge is 0.259 e. The molecule has 2 aromatic heterocycles. The van der Waals surface area contributed by atoms with Crippen LogP contribution < -0.4 is 10.3 Å². The Kier molecular flexibility index (Phi) is 5.46. The summed E-state index contributed by atoms with van der Waals surface area (Å²) in [6.45, 7) is 1.38. The topological polar surface area (TPSA) is 64.4 Å². The van der Waals surface area contributed by atoms with Gasteiger partial charge in [0.1, 0.15) is 11.3 Å². The van der Waals surface area contributed by atoms with Crippen molar-refractivity contribution < 1.29 is 9.53 Å². The van der Waals surface area contributed by atoms with Crippen molar-refractivity contribution in [1.29, 1.82) is 0 Å². The molecule has 0 unspecified atom stereocenters. The Hall–Kier alpha value is -2.63. The number of pyridine rings is 2. The standard InChI is InChI=1S/C22H27N3O3/c1-28-19-14-20(26)24-12-5-2-3-10-18(24)21(19)22(27)25-13-6-4-9-17(25)16-8-7-11-23-15-16/h7-8,11,14-15,17H,2-6,9-10,12-13H2,1H3/t17-/m1/s1. The van der Waals surface area contributed by atoms with E-state index in [1.54, 1.807) is 10.8 Å². The van der Waals surface area contributed by atoms with Crippen LogP contribution in [0, 0.1) is 0 Å². The number of hydrogen-bond donors (Lipinski definition) is 0. The van der Waals surface area contributed by atoms with Crippen LogP contribution in [0.5, 0.6) is 5.75 Å². The van der Waals surface area contributed by atoms with Crippen molar-refractivity contribution in [2.24, 2.45) is 0 Å². The van der Waals surface area contributed by atoms with Gasteiger partial charge in [-0.05, 0) is 50.2 Å². The van der Waals surface area contributed by atoms with E-state index >= 15 is 0 Å². The van der Waals surface area contributed by atoms with E-state index < -0.39 is 0 Å².